The summed E-state index contributed by atoms with van der Waals surface area (Å²) in [6.07, 6.45) is 3.96. The number of H-pyrrole nitrogens is 1. The standard InChI is InChI=1S/C7H9NO.C3H8/c1-2-6-3-4-7(9)8-5-6;1-3-2/h3-5H,2H2,1H3,(H,8,9);3H2,1-2H3. The van der Waals surface area contributed by atoms with E-state index in [0.717, 1.165) is 12.0 Å². The van der Waals surface area contributed by atoms with Gasteiger partial charge in [0.15, 0.2) is 0 Å². The zero-order valence-corrected chi connectivity index (χ0v) is 8.05. The molecule has 0 fully saturated rings. The number of hydrogen-bond acceptors (Lipinski definition) is 1. The van der Waals surface area contributed by atoms with Crippen molar-refractivity contribution in [2.75, 3.05) is 0 Å². The lowest BCUT2D eigenvalue weighted by Crippen LogP contribution is -2.01. The zero-order chi connectivity index (χ0) is 9.40. The molecule has 1 rings (SSSR count). The van der Waals surface area contributed by atoms with Crippen LogP contribution in [0.1, 0.15) is 32.8 Å². The molecule has 68 valence electrons. The van der Waals surface area contributed by atoms with Crippen molar-refractivity contribution in [3.8, 4) is 0 Å². The maximum atomic E-state index is 10.5. The van der Waals surface area contributed by atoms with E-state index >= 15 is 0 Å². The van der Waals surface area contributed by atoms with Gasteiger partial charge in [-0.05, 0) is 12.0 Å². The zero-order valence-electron chi connectivity index (χ0n) is 8.05. The van der Waals surface area contributed by atoms with Crippen LogP contribution in [0, 0.1) is 0 Å². The van der Waals surface area contributed by atoms with Gasteiger partial charge in [0.05, 0.1) is 0 Å². The summed E-state index contributed by atoms with van der Waals surface area (Å²) in [6, 6.07) is 3.37. The highest BCUT2D eigenvalue weighted by atomic mass is 16.1. The van der Waals surface area contributed by atoms with Gasteiger partial charge in [0.1, 0.15) is 0 Å². The number of nitrogens with one attached hydrogen (secondary N) is 1. The molecule has 1 heterocycles. The molecule has 0 amide bonds. The van der Waals surface area contributed by atoms with Crippen LogP contribution in [0.2, 0.25) is 0 Å². The number of aromatic nitrogens is 1. The summed E-state index contributed by atoms with van der Waals surface area (Å²) < 4.78 is 0. The van der Waals surface area contributed by atoms with Crippen LogP contribution >= 0.6 is 0 Å². The molecule has 1 aromatic rings. The van der Waals surface area contributed by atoms with Gasteiger partial charge in [-0.2, -0.15) is 0 Å². The fourth-order valence-corrected chi connectivity index (χ4v) is 0.663. The number of hydrogen-bond donors (Lipinski definition) is 1. The maximum absolute atomic E-state index is 10.5. The first-order valence-corrected chi connectivity index (χ1v) is 4.42. The molecule has 0 aliphatic carbocycles. The van der Waals surface area contributed by atoms with Gasteiger partial charge in [0.2, 0.25) is 5.56 Å². The fraction of sp³-hybridized carbons (Fsp3) is 0.500. The van der Waals surface area contributed by atoms with E-state index in [1.807, 2.05) is 13.0 Å². The van der Waals surface area contributed by atoms with Crippen LogP contribution in [-0.4, -0.2) is 4.98 Å². The quantitative estimate of drug-likeness (QED) is 0.684. The number of pyridine rings is 1. The first-order valence-electron chi connectivity index (χ1n) is 4.42. The minimum absolute atomic E-state index is 0.0350. The van der Waals surface area contributed by atoms with Crippen molar-refractivity contribution < 1.29 is 0 Å². The first kappa shape index (κ1) is 11.0. The van der Waals surface area contributed by atoms with E-state index in [-0.39, 0.29) is 5.56 Å². The largest absolute Gasteiger partial charge is 0.329 e. The normalized spacial score (nSPS) is 8.58. The van der Waals surface area contributed by atoms with Crippen molar-refractivity contribution in [2.24, 2.45) is 0 Å². The second-order valence-corrected chi connectivity index (χ2v) is 2.62. The predicted molar refractivity (Wildman–Crippen MR) is 52.4 cm³/mol. The van der Waals surface area contributed by atoms with Crippen molar-refractivity contribution in [1.29, 1.82) is 0 Å². The molecule has 0 unspecified atom stereocenters. The lowest BCUT2D eigenvalue weighted by atomic mass is 10.2. The third-order valence-corrected chi connectivity index (χ3v) is 1.26. The van der Waals surface area contributed by atoms with Crippen LogP contribution in [0.3, 0.4) is 0 Å². The second-order valence-electron chi connectivity index (χ2n) is 2.62. The number of aryl methyl sites for hydroxylation is 1. The molecule has 0 aliphatic rings. The van der Waals surface area contributed by atoms with Gasteiger partial charge in [-0.3, -0.25) is 4.79 Å². The number of aromatic amines is 1. The lowest BCUT2D eigenvalue weighted by molar-refractivity contribution is 1.08. The summed E-state index contributed by atoms with van der Waals surface area (Å²) in [5.41, 5.74) is 1.13. The molecule has 2 nitrogen and oxygen atoms in total. The summed E-state index contributed by atoms with van der Waals surface area (Å²) in [5.74, 6) is 0. The molecule has 0 atom stereocenters. The molecule has 1 N–H and O–H groups in total. The van der Waals surface area contributed by atoms with Crippen molar-refractivity contribution in [1.82, 2.24) is 4.98 Å². The third kappa shape index (κ3) is 4.72. The summed E-state index contributed by atoms with van der Waals surface area (Å²) in [4.78, 5) is 13.1. The van der Waals surface area contributed by atoms with Crippen LogP contribution in [0.4, 0.5) is 0 Å². The minimum Gasteiger partial charge on any atom is -0.329 e. The Kier molecular flexibility index (Phi) is 6.07. The Hall–Kier alpha value is -1.05. The summed E-state index contributed by atoms with van der Waals surface area (Å²) >= 11 is 0. The van der Waals surface area contributed by atoms with Crippen molar-refractivity contribution in [3.05, 3.63) is 34.2 Å². The molecular formula is C10H17NO. The average molecular weight is 167 g/mol. The van der Waals surface area contributed by atoms with Crippen molar-refractivity contribution in [3.63, 3.8) is 0 Å². The van der Waals surface area contributed by atoms with Gasteiger partial charge in [0.25, 0.3) is 0 Å². The molecule has 0 saturated carbocycles. The van der Waals surface area contributed by atoms with Crippen LogP contribution in [0.5, 0.6) is 0 Å². The van der Waals surface area contributed by atoms with Crippen molar-refractivity contribution in [2.45, 2.75) is 33.6 Å². The Balaban J connectivity index is 0.000000354. The van der Waals surface area contributed by atoms with Gasteiger partial charge < -0.3 is 4.98 Å². The molecule has 0 spiro atoms. The SMILES string of the molecule is CCC.CCc1ccc(=O)[nH]c1. The molecule has 12 heavy (non-hydrogen) atoms. The molecule has 0 aliphatic heterocycles. The van der Waals surface area contributed by atoms with E-state index in [9.17, 15) is 4.79 Å². The molecule has 1 aromatic heterocycles. The van der Waals surface area contributed by atoms with E-state index in [4.69, 9.17) is 0 Å². The van der Waals surface area contributed by atoms with E-state index in [2.05, 4.69) is 18.8 Å². The third-order valence-electron chi connectivity index (χ3n) is 1.26. The molecule has 0 aromatic carbocycles. The average Bonchev–Trinajstić information content (AvgIpc) is 2.07. The Labute approximate surface area is 73.6 Å². The molecular weight excluding hydrogens is 150 g/mol. The molecule has 0 bridgehead atoms. The molecule has 0 saturated heterocycles. The minimum atomic E-state index is -0.0350. The summed E-state index contributed by atoms with van der Waals surface area (Å²) in [5, 5.41) is 0. The lowest BCUT2D eigenvalue weighted by Gasteiger charge is -1.90. The Morgan fingerprint density at radius 3 is 2.17 bits per heavy atom. The summed E-state index contributed by atoms with van der Waals surface area (Å²) in [7, 11) is 0. The highest BCUT2D eigenvalue weighted by Gasteiger charge is 1.84. The van der Waals surface area contributed by atoms with Crippen LogP contribution in [-0.2, 0) is 6.42 Å². The maximum Gasteiger partial charge on any atom is 0.247 e. The monoisotopic (exact) mass is 167 g/mol. The van der Waals surface area contributed by atoms with Gasteiger partial charge >= 0.3 is 0 Å². The van der Waals surface area contributed by atoms with Gasteiger partial charge in [0, 0.05) is 12.3 Å². The van der Waals surface area contributed by atoms with Crippen molar-refractivity contribution >= 4 is 0 Å². The van der Waals surface area contributed by atoms with Gasteiger partial charge in [-0.15, -0.1) is 0 Å². The van der Waals surface area contributed by atoms with Crippen LogP contribution in [0.25, 0.3) is 0 Å². The van der Waals surface area contributed by atoms with Gasteiger partial charge in [-0.25, -0.2) is 0 Å². The predicted octanol–water partition coefficient (Wildman–Crippen LogP) is 2.35. The Morgan fingerprint density at radius 1 is 1.25 bits per heavy atom. The van der Waals surface area contributed by atoms with E-state index in [0.29, 0.717) is 0 Å². The fourth-order valence-electron chi connectivity index (χ4n) is 0.663. The van der Waals surface area contributed by atoms with Crippen LogP contribution < -0.4 is 5.56 Å². The smallest absolute Gasteiger partial charge is 0.247 e. The van der Waals surface area contributed by atoms with E-state index in [1.54, 1.807) is 12.3 Å². The van der Waals surface area contributed by atoms with E-state index in [1.165, 1.54) is 6.42 Å². The highest BCUT2D eigenvalue weighted by Crippen LogP contribution is 1.91. The topological polar surface area (TPSA) is 32.9 Å². The Bertz CT molecular complexity index is 232. The summed E-state index contributed by atoms with van der Waals surface area (Å²) in [6.45, 7) is 6.30. The second kappa shape index (κ2) is 6.65. The first-order chi connectivity index (χ1) is 5.74. The number of rotatable bonds is 1. The highest BCUT2D eigenvalue weighted by molar-refractivity contribution is 5.07. The molecule has 0 radical (unpaired) electrons. The van der Waals surface area contributed by atoms with Crippen LogP contribution in [0.15, 0.2) is 23.1 Å². The Morgan fingerprint density at radius 2 is 1.83 bits per heavy atom. The molecule has 2 heteroatoms. The van der Waals surface area contributed by atoms with E-state index < -0.39 is 0 Å². The van der Waals surface area contributed by atoms with Gasteiger partial charge in [-0.1, -0.05) is 33.3 Å².